The van der Waals surface area contributed by atoms with Crippen LogP contribution in [0.25, 0.3) is 0 Å². The monoisotopic (exact) mass is 267 g/mol. The first-order valence-electron chi connectivity index (χ1n) is 6.37. The molecule has 0 radical (unpaired) electrons. The summed E-state index contributed by atoms with van der Waals surface area (Å²) in [5.74, 6) is -0.679. The molecular formula is C12H20F3NO2. The highest BCUT2D eigenvalue weighted by molar-refractivity contribution is 5.79. The Morgan fingerprint density at radius 2 is 1.94 bits per heavy atom. The fourth-order valence-electron chi connectivity index (χ4n) is 2.04. The number of halogens is 3. The van der Waals surface area contributed by atoms with Crippen LogP contribution in [0, 0.1) is 5.92 Å². The fraction of sp³-hybridized carbons (Fsp3) is 0.917. The van der Waals surface area contributed by atoms with Gasteiger partial charge in [-0.2, -0.15) is 13.2 Å². The summed E-state index contributed by atoms with van der Waals surface area (Å²) in [6.07, 6.45) is -1.90. The molecule has 0 spiro atoms. The molecule has 0 bridgehead atoms. The van der Waals surface area contributed by atoms with Crippen molar-refractivity contribution < 1.29 is 22.7 Å². The Balaban J connectivity index is 2.59. The minimum absolute atomic E-state index is 0.187. The number of rotatable bonds is 5. The number of amides is 1. The molecule has 1 heterocycles. The van der Waals surface area contributed by atoms with Gasteiger partial charge in [0.05, 0.1) is 0 Å². The van der Waals surface area contributed by atoms with Crippen molar-refractivity contribution in [1.82, 2.24) is 4.90 Å². The van der Waals surface area contributed by atoms with Gasteiger partial charge in [0.15, 0.2) is 0 Å². The van der Waals surface area contributed by atoms with Crippen LogP contribution in [0.2, 0.25) is 0 Å². The normalized spacial score (nSPS) is 17.8. The van der Waals surface area contributed by atoms with Crippen molar-refractivity contribution in [2.24, 2.45) is 5.92 Å². The maximum absolute atomic E-state index is 12.4. The molecule has 0 aliphatic carbocycles. The molecule has 0 atom stereocenters. The van der Waals surface area contributed by atoms with Gasteiger partial charge >= 0.3 is 6.18 Å². The van der Waals surface area contributed by atoms with Crippen LogP contribution in [0.5, 0.6) is 0 Å². The zero-order chi connectivity index (χ0) is 13.6. The predicted octanol–water partition coefficient (Wildman–Crippen LogP) is 2.60. The van der Waals surface area contributed by atoms with Crippen molar-refractivity contribution in [2.45, 2.75) is 38.8 Å². The van der Waals surface area contributed by atoms with Crippen molar-refractivity contribution in [3.05, 3.63) is 0 Å². The summed E-state index contributed by atoms with van der Waals surface area (Å²) < 4.78 is 42.4. The fourth-order valence-corrected chi connectivity index (χ4v) is 2.04. The van der Waals surface area contributed by atoms with Crippen molar-refractivity contribution >= 4 is 5.91 Å². The number of ether oxygens (including phenoxy) is 1. The number of hydrogen-bond donors (Lipinski definition) is 0. The quantitative estimate of drug-likeness (QED) is 0.766. The molecule has 6 heteroatoms. The van der Waals surface area contributed by atoms with E-state index in [1.807, 2.05) is 6.92 Å². The van der Waals surface area contributed by atoms with E-state index in [9.17, 15) is 18.0 Å². The van der Waals surface area contributed by atoms with Crippen LogP contribution in [0.1, 0.15) is 32.6 Å². The Hall–Kier alpha value is -0.780. The van der Waals surface area contributed by atoms with Crippen molar-refractivity contribution in [2.75, 3.05) is 26.3 Å². The number of unbranched alkanes of at least 4 members (excludes halogenated alkanes) is 1. The number of carbonyl (C=O) groups excluding carboxylic acids is 1. The van der Waals surface area contributed by atoms with E-state index >= 15 is 0 Å². The van der Waals surface area contributed by atoms with E-state index in [1.165, 1.54) is 0 Å². The van der Waals surface area contributed by atoms with Crippen molar-refractivity contribution in [3.63, 3.8) is 0 Å². The molecule has 0 saturated carbocycles. The Bertz CT molecular complexity index is 263. The minimum atomic E-state index is -4.32. The maximum Gasteiger partial charge on any atom is 0.406 e. The molecular weight excluding hydrogens is 247 g/mol. The van der Waals surface area contributed by atoms with E-state index in [4.69, 9.17) is 4.74 Å². The minimum Gasteiger partial charge on any atom is -0.381 e. The van der Waals surface area contributed by atoms with Crippen LogP contribution in [0.4, 0.5) is 13.2 Å². The van der Waals surface area contributed by atoms with Gasteiger partial charge in [0, 0.05) is 25.7 Å². The third kappa shape index (κ3) is 5.25. The van der Waals surface area contributed by atoms with Gasteiger partial charge in [0.1, 0.15) is 6.54 Å². The second kappa shape index (κ2) is 6.97. The van der Waals surface area contributed by atoms with E-state index < -0.39 is 12.7 Å². The van der Waals surface area contributed by atoms with E-state index in [-0.39, 0.29) is 18.4 Å². The smallest absolute Gasteiger partial charge is 0.381 e. The summed E-state index contributed by atoms with van der Waals surface area (Å²) >= 11 is 0. The molecule has 0 N–H and O–H groups in total. The molecule has 0 aromatic carbocycles. The van der Waals surface area contributed by atoms with Gasteiger partial charge in [0.2, 0.25) is 5.91 Å². The third-order valence-electron chi connectivity index (χ3n) is 3.03. The molecule has 1 fully saturated rings. The van der Waals surface area contributed by atoms with Crippen LogP contribution in [-0.4, -0.2) is 43.3 Å². The Labute approximate surface area is 105 Å². The van der Waals surface area contributed by atoms with Crippen LogP contribution in [0.15, 0.2) is 0 Å². The molecule has 1 aliphatic heterocycles. The zero-order valence-corrected chi connectivity index (χ0v) is 10.6. The zero-order valence-electron chi connectivity index (χ0n) is 10.6. The standard InChI is InChI=1S/C12H20F3NO2/c1-2-3-6-16(9-12(13,14)15)11(17)10-4-7-18-8-5-10/h10H,2-9H2,1H3. The summed E-state index contributed by atoms with van der Waals surface area (Å²) in [4.78, 5) is 13.0. The highest BCUT2D eigenvalue weighted by Gasteiger charge is 2.35. The van der Waals surface area contributed by atoms with Gasteiger partial charge in [0.25, 0.3) is 0 Å². The number of hydrogen-bond acceptors (Lipinski definition) is 2. The maximum atomic E-state index is 12.4. The highest BCUT2D eigenvalue weighted by atomic mass is 19.4. The average molecular weight is 267 g/mol. The van der Waals surface area contributed by atoms with E-state index in [1.54, 1.807) is 0 Å². The SMILES string of the molecule is CCCCN(CC(F)(F)F)C(=O)C1CCOCC1. The first-order chi connectivity index (χ1) is 8.44. The van der Waals surface area contributed by atoms with Gasteiger partial charge < -0.3 is 9.64 Å². The average Bonchev–Trinajstić information content (AvgIpc) is 2.33. The van der Waals surface area contributed by atoms with Crippen molar-refractivity contribution in [3.8, 4) is 0 Å². The highest BCUT2D eigenvalue weighted by Crippen LogP contribution is 2.22. The summed E-state index contributed by atoms with van der Waals surface area (Å²) in [6, 6.07) is 0. The molecule has 1 amide bonds. The lowest BCUT2D eigenvalue weighted by Crippen LogP contribution is -2.44. The van der Waals surface area contributed by atoms with Gasteiger partial charge in [-0.15, -0.1) is 0 Å². The summed E-state index contributed by atoms with van der Waals surface area (Å²) in [7, 11) is 0. The molecule has 1 aliphatic rings. The van der Waals surface area contributed by atoms with Crippen LogP contribution in [0.3, 0.4) is 0 Å². The Kier molecular flexibility index (Phi) is 5.91. The largest absolute Gasteiger partial charge is 0.406 e. The first-order valence-corrected chi connectivity index (χ1v) is 6.37. The summed E-state index contributed by atoms with van der Waals surface area (Å²) in [5, 5.41) is 0. The van der Waals surface area contributed by atoms with Gasteiger partial charge in [-0.1, -0.05) is 13.3 Å². The lowest BCUT2D eigenvalue weighted by molar-refractivity contribution is -0.165. The lowest BCUT2D eigenvalue weighted by Gasteiger charge is -2.30. The second-order valence-corrected chi connectivity index (χ2v) is 4.62. The lowest BCUT2D eigenvalue weighted by atomic mass is 9.98. The molecule has 18 heavy (non-hydrogen) atoms. The van der Waals surface area contributed by atoms with Gasteiger partial charge in [-0.3, -0.25) is 4.79 Å². The van der Waals surface area contributed by atoms with Crippen molar-refractivity contribution in [1.29, 1.82) is 0 Å². The molecule has 0 unspecified atom stereocenters. The van der Waals surface area contributed by atoms with Crippen LogP contribution < -0.4 is 0 Å². The van der Waals surface area contributed by atoms with E-state index in [0.717, 1.165) is 11.3 Å². The van der Waals surface area contributed by atoms with Gasteiger partial charge in [-0.05, 0) is 19.3 Å². The molecule has 0 aromatic heterocycles. The van der Waals surface area contributed by atoms with Crippen LogP contribution >= 0.6 is 0 Å². The van der Waals surface area contributed by atoms with Crippen LogP contribution in [-0.2, 0) is 9.53 Å². The second-order valence-electron chi connectivity index (χ2n) is 4.62. The predicted molar refractivity (Wildman–Crippen MR) is 61.1 cm³/mol. The molecule has 1 rings (SSSR count). The topological polar surface area (TPSA) is 29.5 Å². The van der Waals surface area contributed by atoms with Gasteiger partial charge in [-0.25, -0.2) is 0 Å². The van der Waals surface area contributed by atoms with E-state index in [0.29, 0.717) is 32.5 Å². The summed E-state index contributed by atoms with van der Waals surface area (Å²) in [6.45, 7) is 1.87. The Morgan fingerprint density at radius 1 is 1.33 bits per heavy atom. The first kappa shape index (κ1) is 15.3. The number of carbonyl (C=O) groups is 1. The van der Waals surface area contributed by atoms with E-state index in [2.05, 4.69) is 0 Å². The Morgan fingerprint density at radius 3 is 2.44 bits per heavy atom. The molecule has 3 nitrogen and oxygen atoms in total. The summed E-state index contributed by atoms with van der Waals surface area (Å²) in [5.41, 5.74) is 0. The molecule has 0 aromatic rings. The number of alkyl halides is 3. The third-order valence-corrected chi connectivity index (χ3v) is 3.03. The molecule has 106 valence electrons. The number of nitrogens with zero attached hydrogens (tertiary/aromatic N) is 1. The molecule has 1 saturated heterocycles.